The predicted molar refractivity (Wildman–Crippen MR) is 98.9 cm³/mol. The number of hydrogen-bond donors (Lipinski definition) is 2. The highest BCUT2D eigenvalue weighted by Gasteiger charge is 2.05. The van der Waals surface area contributed by atoms with Gasteiger partial charge in [-0.25, -0.2) is 4.79 Å². The van der Waals surface area contributed by atoms with Crippen molar-refractivity contribution in [3.63, 3.8) is 0 Å². The molecule has 0 radical (unpaired) electrons. The Morgan fingerprint density at radius 3 is 2.55 bits per heavy atom. The summed E-state index contributed by atoms with van der Waals surface area (Å²) in [6.07, 6.45) is 0. The molecular formula is C17H20IN3O. The smallest absolute Gasteiger partial charge is 0.319 e. The molecule has 2 N–H and O–H groups in total. The Balaban J connectivity index is 1.90. The lowest BCUT2D eigenvalue weighted by Crippen LogP contribution is -2.28. The molecule has 0 fully saturated rings. The first-order valence-electron chi connectivity index (χ1n) is 7.06. The molecule has 0 heterocycles. The van der Waals surface area contributed by atoms with Gasteiger partial charge in [-0.1, -0.05) is 36.4 Å². The molecule has 116 valence electrons. The van der Waals surface area contributed by atoms with Crippen molar-refractivity contribution in [2.24, 2.45) is 0 Å². The molecule has 0 spiro atoms. The zero-order valence-corrected chi connectivity index (χ0v) is 14.9. The van der Waals surface area contributed by atoms with E-state index < -0.39 is 0 Å². The van der Waals surface area contributed by atoms with E-state index in [1.54, 1.807) is 0 Å². The topological polar surface area (TPSA) is 44.4 Å². The van der Waals surface area contributed by atoms with E-state index in [0.29, 0.717) is 6.54 Å². The van der Waals surface area contributed by atoms with Gasteiger partial charge < -0.3 is 15.5 Å². The molecule has 2 aromatic carbocycles. The second-order valence-electron chi connectivity index (χ2n) is 5.35. The molecule has 2 rings (SSSR count). The highest BCUT2D eigenvalue weighted by molar-refractivity contribution is 14.1. The van der Waals surface area contributed by atoms with Gasteiger partial charge in [0.05, 0.1) is 5.69 Å². The molecule has 5 heteroatoms. The normalized spacial score (nSPS) is 10.5. The molecule has 0 aliphatic heterocycles. The number of amides is 2. The first-order valence-corrected chi connectivity index (χ1v) is 8.14. The minimum Gasteiger partial charge on any atom is -0.334 e. The summed E-state index contributed by atoms with van der Waals surface area (Å²) in [5, 5.41) is 5.75. The number of nitrogens with one attached hydrogen (secondary N) is 2. The fraction of sp³-hybridized carbons (Fsp3) is 0.235. The van der Waals surface area contributed by atoms with Crippen LogP contribution >= 0.6 is 22.6 Å². The minimum atomic E-state index is -0.192. The lowest BCUT2D eigenvalue weighted by Gasteiger charge is -2.12. The zero-order chi connectivity index (χ0) is 15.9. The van der Waals surface area contributed by atoms with Crippen molar-refractivity contribution in [2.75, 3.05) is 19.4 Å². The van der Waals surface area contributed by atoms with Gasteiger partial charge in [0, 0.05) is 16.7 Å². The van der Waals surface area contributed by atoms with Crippen LogP contribution in [-0.4, -0.2) is 25.0 Å². The standard InChI is InChI=1S/C17H20IN3O/c1-21(2)12-14-7-5-6-13(10-14)11-19-17(22)20-16-9-4-3-8-15(16)18/h3-10H,11-12H2,1-2H3,(H2,19,20,22). The third-order valence-corrected chi connectivity index (χ3v) is 4.01. The van der Waals surface area contributed by atoms with E-state index in [2.05, 4.69) is 50.3 Å². The minimum absolute atomic E-state index is 0.192. The van der Waals surface area contributed by atoms with Crippen molar-refractivity contribution < 1.29 is 4.79 Å². The van der Waals surface area contributed by atoms with Crippen LogP contribution in [0, 0.1) is 3.57 Å². The first kappa shape index (κ1) is 16.8. The summed E-state index contributed by atoms with van der Waals surface area (Å²) in [6, 6.07) is 15.8. The molecule has 2 aromatic rings. The lowest BCUT2D eigenvalue weighted by molar-refractivity contribution is 0.251. The Labute approximate surface area is 145 Å². The average Bonchev–Trinajstić information content (AvgIpc) is 2.47. The van der Waals surface area contributed by atoms with Gasteiger partial charge in [-0.15, -0.1) is 0 Å². The molecule has 4 nitrogen and oxygen atoms in total. The van der Waals surface area contributed by atoms with Crippen molar-refractivity contribution in [1.82, 2.24) is 10.2 Å². The van der Waals surface area contributed by atoms with Gasteiger partial charge in [0.2, 0.25) is 0 Å². The number of para-hydroxylation sites is 1. The quantitative estimate of drug-likeness (QED) is 0.741. The molecule has 0 unspecified atom stereocenters. The van der Waals surface area contributed by atoms with E-state index in [9.17, 15) is 4.79 Å². The summed E-state index contributed by atoms with van der Waals surface area (Å²) in [7, 11) is 4.08. The van der Waals surface area contributed by atoms with Crippen LogP contribution in [0.25, 0.3) is 0 Å². The molecular weight excluding hydrogens is 389 g/mol. The Bertz CT molecular complexity index is 643. The fourth-order valence-corrected chi connectivity index (χ4v) is 2.64. The van der Waals surface area contributed by atoms with Gasteiger partial charge in [0.25, 0.3) is 0 Å². The number of carbonyl (C=O) groups is 1. The molecule has 0 bridgehead atoms. The van der Waals surface area contributed by atoms with E-state index in [0.717, 1.165) is 21.4 Å². The molecule has 0 aliphatic rings. The number of carbonyl (C=O) groups excluding carboxylic acids is 1. The van der Waals surface area contributed by atoms with Crippen LogP contribution in [0.1, 0.15) is 11.1 Å². The zero-order valence-electron chi connectivity index (χ0n) is 12.8. The molecule has 2 amide bonds. The van der Waals surface area contributed by atoms with Crippen molar-refractivity contribution in [1.29, 1.82) is 0 Å². The second kappa shape index (κ2) is 8.14. The predicted octanol–water partition coefficient (Wildman–Crippen LogP) is 3.67. The number of nitrogens with zero attached hydrogens (tertiary/aromatic N) is 1. The Hall–Kier alpha value is -1.60. The fourth-order valence-electron chi connectivity index (χ4n) is 2.11. The lowest BCUT2D eigenvalue weighted by atomic mass is 10.1. The summed E-state index contributed by atoms with van der Waals surface area (Å²) < 4.78 is 1.02. The number of benzene rings is 2. The van der Waals surface area contributed by atoms with Crippen molar-refractivity contribution in [3.8, 4) is 0 Å². The maximum atomic E-state index is 12.0. The number of anilines is 1. The molecule has 0 atom stereocenters. The largest absolute Gasteiger partial charge is 0.334 e. The van der Waals surface area contributed by atoms with Gasteiger partial charge in [-0.3, -0.25) is 0 Å². The molecule has 0 saturated carbocycles. The SMILES string of the molecule is CN(C)Cc1cccc(CNC(=O)Nc2ccccc2I)c1. The van der Waals surface area contributed by atoms with Crippen molar-refractivity contribution >= 4 is 34.3 Å². The highest BCUT2D eigenvalue weighted by atomic mass is 127. The van der Waals surface area contributed by atoms with Crippen LogP contribution < -0.4 is 10.6 Å². The average molecular weight is 409 g/mol. The summed E-state index contributed by atoms with van der Waals surface area (Å²) in [5.41, 5.74) is 3.15. The van der Waals surface area contributed by atoms with Gasteiger partial charge in [0.15, 0.2) is 0 Å². The summed E-state index contributed by atoms with van der Waals surface area (Å²) in [6.45, 7) is 1.40. The van der Waals surface area contributed by atoms with Crippen LogP contribution in [0.3, 0.4) is 0 Å². The van der Waals surface area contributed by atoms with Gasteiger partial charge >= 0.3 is 6.03 Å². The molecule has 0 aromatic heterocycles. The van der Waals surface area contributed by atoms with E-state index >= 15 is 0 Å². The second-order valence-corrected chi connectivity index (χ2v) is 6.51. The van der Waals surface area contributed by atoms with Crippen molar-refractivity contribution in [2.45, 2.75) is 13.1 Å². The van der Waals surface area contributed by atoms with E-state index in [1.807, 2.05) is 50.5 Å². The molecule has 0 aliphatic carbocycles. The highest BCUT2D eigenvalue weighted by Crippen LogP contribution is 2.16. The number of hydrogen-bond acceptors (Lipinski definition) is 2. The van der Waals surface area contributed by atoms with Crippen LogP contribution in [0.5, 0.6) is 0 Å². The Morgan fingerprint density at radius 2 is 1.82 bits per heavy atom. The van der Waals surface area contributed by atoms with E-state index in [4.69, 9.17) is 0 Å². The molecule has 0 saturated heterocycles. The third-order valence-electron chi connectivity index (χ3n) is 3.07. The first-order chi connectivity index (χ1) is 10.5. The number of halogens is 1. The van der Waals surface area contributed by atoms with Gasteiger partial charge in [-0.05, 0) is 59.9 Å². The van der Waals surface area contributed by atoms with Crippen LogP contribution in [0.15, 0.2) is 48.5 Å². The van der Waals surface area contributed by atoms with Gasteiger partial charge in [-0.2, -0.15) is 0 Å². The maximum absolute atomic E-state index is 12.0. The van der Waals surface area contributed by atoms with E-state index in [-0.39, 0.29) is 6.03 Å². The molecule has 22 heavy (non-hydrogen) atoms. The Morgan fingerprint density at radius 1 is 1.09 bits per heavy atom. The number of urea groups is 1. The van der Waals surface area contributed by atoms with Crippen molar-refractivity contribution in [3.05, 3.63) is 63.2 Å². The summed E-state index contributed by atoms with van der Waals surface area (Å²) in [4.78, 5) is 14.1. The Kier molecular flexibility index (Phi) is 6.21. The van der Waals surface area contributed by atoms with Crippen LogP contribution in [0.2, 0.25) is 0 Å². The van der Waals surface area contributed by atoms with Crippen LogP contribution in [0.4, 0.5) is 10.5 Å². The van der Waals surface area contributed by atoms with E-state index in [1.165, 1.54) is 5.56 Å². The summed E-state index contributed by atoms with van der Waals surface area (Å²) >= 11 is 2.20. The van der Waals surface area contributed by atoms with Gasteiger partial charge in [0.1, 0.15) is 0 Å². The number of rotatable bonds is 5. The maximum Gasteiger partial charge on any atom is 0.319 e. The van der Waals surface area contributed by atoms with Crippen LogP contribution in [-0.2, 0) is 13.1 Å². The third kappa shape index (κ3) is 5.31. The monoisotopic (exact) mass is 409 g/mol. The summed E-state index contributed by atoms with van der Waals surface area (Å²) in [5.74, 6) is 0.